The Morgan fingerprint density at radius 3 is 2.62 bits per heavy atom. The van der Waals surface area contributed by atoms with Crippen LogP contribution in [0.1, 0.15) is 17.3 Å². The molecule has 2 amide bonds. The van der Waals surface area contributed by atoms with Crippen molar-refractivity contribution in [3.8, 4) is 0 Å². The Bertz CT molecular complexity index is 551. The molecule has 0 bridgehead atoms. The Hall–Kier alpha value is -1.96. The molecule has 2 N–H and O–H groups in total. The van der Waals surface area contributed by atoms with Crippen LogP contribution in [0.3, 0.4) is 0 Å². The number of likely N-dealkylation sites (N-methyl/N-ethyl adjacent to an activating group) is 1. The number of carbonyl (C=O) groups is 3. The summed E-state index contributed by atoms with van der Waals surface area (Å²) in [4.78, 5) is 34.1. The Labute approximate surface area is 129 Å². The van der Waals surface area contributed by atoms with E-state index in [-0.39, 0.29) is 18.0 Å². The third kappa shape index (κ3) is 5.90. The Kier molecular flexibility index (Phi) is 6.80. The van der Waals surface area contributed by atoms with E-state index in [1.165, 1.54) is 12.1 Å². The van der Waals surface area contributed by atoms with Crippen LogP contribution in [0, 0.1) is 5.82 Å². The van der Waals surface area contributed by atoms with Gasteiger partial charge in [0.15, 0.2) is 6.61 Å². The lowest BCUT2D eigenvalue weighted by Gasteiger charge is -2.07. The predicted octanol–water partition coefficient (Wildman–Crippen LogP) is 0.997. The number of hydrogen-bond donors (Lipinski definition) is 2. The fourth-order valence-electron chi connectivity index (χ4n) is 1.35. The summed E-state index contributed by atoms with van der Waals surface area (Å²) in [7, 11) is 0. The van der Waals surface area contributed by atoms with Crippen molar-refractivity contribution >= 4 is 33.7 Å². The molecule has 1 aromatic carbocycles. The molecule has 0 heterocycles. The standard InChI is InChI=1S/C13H14BrFN2O4/c1-2-16-11(18)6-17-12(19)7-21-13(20)9-5-8(14)3-4-10(9)15/h3-5H,2,6-7H2,1H3,(H,16,18)(H,17,19). The molecular weight excluding hydrogens is 347 g/mol. The second kappa shape index (κ2) is 8.35. The van der Waals surface area contributed by atoms with Crippen LogP contribution >= 0.6 is 15.9 Å². The fraction of sp³-hybridized carbons (Fsp3) is 0.308. The molecule has 0 unspecified atom stereocenters. The first kappa shape index (κ1) is 17.1. The van der Waals surface area contributed by atoms with Crippen molar-refractivity contribution in [2.45, 2.75) is 6.92 Å². The number of amides is 2. The second-order valence-corrected chi connectivity index (χ2v) is 4.85. The van der Waals surface area contributed by atoms with Crippen LogP contribution < -0.4 is 10.6 Å². The molecule has 1 rings (SSSR count). The van der Waals surface area contributed by atoms with Gasteiger partial charge in [-0.1, -0.05) is 15.9 Å². The molecule has 0 aromatic heterocycles. The zero-order chi connectivity index (χ0) is 15.8. The molecule has 21 heavy (non-hydrogen) atoms. The van der Waals surface area contributed by atoms with Crippen LogP contribution in [0.15, 0.2) is 22.7 Å². The van der Waals surface area contributed by atoms with E-state index in [0.29, 0.717) is 11.0 Å². The van der Waals surface area contributed by atoms with Gasteiger partial charge in [0.2, 0.25) is 5.91 Å². The smallest absolute Gasteiger partial charge is 0.341 e. The second-order valence-electron chi connectivity index (χ2n) is 3.93. The van der Waals surface area contributed by atoms with Gasteiger partial charge in [0.1, 0.15) is 5.82 Å². The summed E-state index contributed by atoms with van der Waals surface area (Å²) < 4.78 is 18.6. The SMILES string of the molecule is CCNC(=O)CNC(=O)COC(=O)c1cc(Br)ccc1F. The lowest BCUT2D eigenvalue weighted by molar-refractivity contribution is -0.127. The minimum absolute atomic E-state index is 0.213. The molecular formula is C13H14BrFN2O4. The van der Waals surface area contributed by atoms with Gasteiger partial charge >= 0.3 is 5.97 Å². The van der Waals surface area contributed by atoms with Gasteiger partial charge in [-0.2, -0.15) is 0 Å². The first-order valence-corrected chi connectivity index (χ1v) is 6.89. The minimum atomic E-state index is -0.957. The monoisotopic (exact) mass is 360 g/mol. The van der Waals surface area contributed by atoms with E-state index in [2.05, 4.69) is 31.3 Å². The number of ether oxygens (including phenoxy) is 1. The van der Waals surface area contributed by atoms with Gasteiger partial charge < -0.3 is 15.4 Å². The number of benzene rings is 1. The molecule has 114 valence electrons. The summed E-state index contributed by atoms with van der Waals surface area (Å²) in [6.07, 6.45) is 0. The highest BCUT2D eigenvalue weighted by atomic mass is 79.9. The number of carbonyl (C=O) groups excluding carboxylic acids is 3. The van der Waals surface area contributed by atoms with Gasteiger partial charge in [0.05, 0.1) is 12.1 Å². The molecule has 0 aliphatic rings. The molecule has 0 atom stereocenters. The normalized spacial score (nSPS) is 9.86. The van der Waals surface area contributed by atoms with Crippen LogP contribution in [0.5, 0.6) is 0 Å². The van der Waals surface area contributed by atoms with Crippen molar-refractivity contribution in [1.82, 2.24) is 10.6 Å². The van der Waals surface area contributed by atoms with Crippen molar-refractivity contribution < 1.29 is 23.5 Å². The molecule has 8 heteroatoms. The number of rotatable bonds is 6. The lowest BCUT2D eigenvalue weighted by Crippen LogP contribution is -2.38. The first-order chi connectivity index (χ1) is 9.93. The van der Waals surface area contributed by atoms with E-state index in [9.17, 15) is 18.8 Å². The zero-order valence-electron chi connectivity index (χ0n) is 11.2. The molecule has 0 saturated heterocycles. The summed E-state index contributed by atoms with van der Waals surface area (Å²) >= 11 is 3.10. The lowest BCUT2D eigenvalue weighted by atomic mass is 10.2. The number of halogens is 2. The number of esters is 1. The first-order valence-electron chi connectivity index (χ1n) is 6.09. The van der Waals surface area contributed by atoms with Crippen molar-refractivity contribution in [1.29, 1.82) is 0 Å². The van der Waals surface area contributed by atoms with E-state index >= 15 is 0 Å². The van der Waals surface area contributed by atoms with Crippen LogP contribution in [0.25, 0.3) is 0 Å². The van der Waals surface area contributed by atoms with Gasteiger partial charge in [-0.05, 0) is 25.1 Å². The molecule has 0 spiro atoms. The van der Waals surface area contributed by atoms with E-state index in [1.807, 2.05) is 0 Å². The maximum atomic E-state index is 13.4. The Morgan fingerprint density at radius 1 is 1.24 bits per heavy atom. The molecule has 0 radical (unpaired) electrons. The van der Waals surface area contributed by atoms with E-state index in [0.717, 1.165) is 6.07 Å². The molecule has 0 saturated carbocycles. The third-order valence-electron chi connectivity index (χ3n) is 2.30. The maximum Gasteiger partial charge on any atom is 0.341 e. The zero-order valence-corrected chi connectivity index (χ0v) is 12.8. The van der Waals surface area contributed by atoms with Gasteiger partial charge in [0.25, 0.3) is 5.91 Å². The highest BCUT2D eigenvalue weighted by Gasteiger charge is 2.15. The van der Waals surface area contributed by atoms with Crippen LogP contribution in [0.2, 0.25) is 0 Å². The van der Waals surface area contributed by atoms with Gasteiger partial charge in [-0.3, -0.25) is 9.59 Å². The van der Waals surface area contributed by atoms with Crippen LogP contribution in [-0.4, -0.2) is 37.5 Å². The van der Waals surface area contributed by atoms with Crippen molar-refractivity contribution in [3.05, 3.63) is 34.1 Å². The molecule has 6 nitrogen and oxygen atoms in total. The van der Waals surface area contributed by atoms with Gasteiger partial charge in [0, 0.05) is 11.0 Å². The fourth-order valence-corrected chi connectivity index (χ4v) is 1.71. The van der Waals surface area contributed by atoms with Crippen molar-refractivity contribution in [3.63, 3.8) is 0 Å². The summed E-state index contributed by atoms with van der Waals surface area (Å²) in [5.41, 5.74) is -0.277. The summed E-state index contributed by atoms with van der Waals surface area (Å²) in [6.45, 7) is 1.39. The number of nitrogens with one attached hydrogen (secondary N) is 2. The van der Waals surface area contributed by atoms with Gasteiger partial charge in [-0.15, -0.1) is 0 Å². The minimum Gasteiger partial charge on any atom is -0.452 e. The average Bonchev–Trinajstić information content (AvgIpc) is 2.45. The summed E-state index contributed by atoms with van der Waals surface area (Å²) in [5.74, 6) is -2.70. The highest BCUT2D eigenvalue weighted by molar-refractivity contribution is 9.10. The van der Waals surface area contributed by atoms with Crippen LogP contribution in [0.4, 0.5) is 4.39 Å². The average molecular weight is 361 g/mol. The Morgan fingerprint density at radius 2 is 1.95 bits per heavy atom. The predicted molar refractivity (Wildman–Crippen MR) is 76.1 cm³/mol. The molecule has 0 aliphatic carbocycles. The molecule has 1 aromatic rings. The van der Waals surface area contributed by atoms with E-state index in [1.54, 1.807) is 6.92 Å². The Balaban J connectivity index is 2.44. The quantitative estimate of drug-likeness (QED) is 0.741. The van der Waals surface area contributed by atoms with Crippen molar-refractivity contribution in [2.24, 2.45) is 0 Å². The summed E-state index contributed by atoms with van der Waals surface area (Å²) in [5, 5.41) is 4.76. The van der Waals surface area contributed by atoms with Crippen LogP contribution in [-0.2, 0) is 14.3 Å². The highest BCUT2D eigenvalue weighted by Crippen LogP contribution is 2.16. The maximum absolute atomic E-state index is 13.4. The number of hydrogen-bond acceptors (Lipinski definition) is 4. The molecule has 0 aliphatic heterocycles. The summed E-state index contributed by atoms with van der Waals surface area (Å²) in [6, 6.07) is 3.80. The third-order valence-corrected chi connectivity index (χ3v) is 2.80. The molecule has 0 fully saturated rings. The van der Waals surface area contributed by atoms with Crippen molar-refractivity contribution in [2.75, 3.05) is 19.7 Å². The van der Waals surface area contributed by atoms with E-state index < -0.39 is 24.3 Å². The topological polar surface area (TPSA) is 84.5 Å². The van der Waals surface area contributed by atoms with E-state index in [4.69, 9.17) is 0 Å². The van der Waals surface area contributed by atoms with Gasteiger partial charge in [-0.25, -0.2) is 9.18 Å². The largest absolute Gasteiger partial charge is 0.452 e.